The zero-order valence-electron chi connectivity index (χ0n) is 24.2. The Bertz CT molecular complexity index is 1190. The summed E-state index contributed by atoms with van der Waals surface area (Å²) in [6, 6.07) is 11.4. The zero-order chi connectivity index (χ0) is 30.7. The molecule has 0 spiro atoms. The van der Waals surface area contributed by atoms with Crippen molar-refractivity contribution < 1.29 is 31.1 Å². The quantitative estimate of drug-likeness (QED) is 0.248. The lowest BCUT2D eigenvalue weighted by atomic mass is 9.83. The number of nitrogens with zero attached hydrogens (tertiary/aromatic N) is 2. The van der Waals surface area contributed by atoms with Crippen molar-refractivity contribution >= 4 is 28.6 Å². The first-order valence-electron chi connectivity index (χ1n) is 14.5. The van der Waals surface area contributed by atoms with E-state index in [0.29, 0.717) is 18.1 Å². The van der Waals surface area contributed by atoms with Crippen LogP contribution in [0.3, 0.4) is 0 Å². The molecule has 11 heteroatoms. The fourth-order valence-electron chi connectivity index (χ4n) is 5.76. The van der Waals surface area contributed by atoms with Crippen molar-refractivity contribution in [2.24, 2.45) is 5.92 Å². The summed E-state index contributed by atoms with van der Waals surface area (Å²) in [6.45, 7) is 10.3. The Kier molecular flexibility index (Phi) is 9.89. The summed E-state index contributed by atoms with van der Waals surface area (Å²) in [5.74, 6) is -0.770. The normalized spacial score (nSPS) is 20.4. The standard InChI is InChI=1S/C31H39F6N3OS/c1-29(2,3)22-7-12-25(13-8-22)39-16-18-40(19-17-39)28(42)15-6-21-4-9-23(10-5-21)38-24-11-14-27(41-31(35,36)37)26(20-24)30(32,33)34/h7-8,11-14,20-21,23,38H,4-6,9-10,15-19H2,1-3H3. The number of anilines is 2. The monoisotopic (exact) mass is 615 g/mol. The molecule has 4 rings (SSSR count). The van der Waals surface area contributed by atoms with E-state index in [1.807, 2.05) is 0 Å². The number of nitrogens with one attached hydrogen (secondary N) is 1. The van der Waals surface area contributed by atoms with Crippen molar-refractivity contribution in [3.63, 3.8) is 0 Å². The predicted octanol–water partition coefficient (Wildman–Crippen LogP) is 8.80. The van der Waals surface area contributed by atoms with Gasteiger partial charge in [-0.25, -0.2) is 0 Å². The van der Waals surface area contributed by atoms with Gasteiger partial charge in [0, 0.05) is 43.6 Å². The topological polar surface area (TPSA) is 27.7 Å². The lowest BCUT2D eigenvalue weighted by Gasteiger charge is -2.38. The van der Waals surface area contributed by atoms with Gasteiger partial charge in [-0.15, -0.1) is 13.2 Å². The van der Waals surface area contributed by atoms with Crippen LogP contribution in [0.2, 0.25) is 0 Å². The molecule has 0 aromatic heterocycles. The Hall–Kier alpha value is -2.69. The molecule has 2 aromatic rings. The molecule has 1 saturated carbocycles. The number of thiocarbonyl (C=S) groups is 1. The van der Waals surface area contributed by atoms with Gasteiger partial charge in [-0.2, -0.15) is 13.2 Å². The van der Waals surface area contributed by atoms with Crippen molar-refractivity contribution in [2.75, 3.05) is 36.4 Å². The molecule has 4 nitrogen and oxygen atoms in total. The van der Waals surface area contributed by atoms with Gasteiger partial charge >= 0.3 is 12.5 Å². The number of ether oxygens (including phenoxy) is 1. The Labute approximate surface area is 249 Å². The zero-order valence-corrected chi connectivity index (χ0v) is 25.1. The van der Waals surface area contributed by atoms with Gasteiger partial charge in [-0.05, 0) is 85.8 Å². The van der Waals surface area contributed by atoms with Crippen molar-refractivity contribution in [2.45, 2.75) is 83.3 Å². The highest BCUT2D eigenvalue weighted by atomic mass is 32.1. The molecular weight excluding hydrogens is 576 g/mol. The van der Waals surface area contributed by atoms with E-state index < -0.39 is 23.9 Å². The van der Waals surface area contributed by atoms with E-state index >= 15 is 0 Å². The van der Waals surface area contributed by atoms with Gasteiger partial charge in [0.05, 0.1) is 10.6 Å². The summed E-state index contributed by atoms with van der Waals surface area (Å²) in [5, 5.41) is 3.07. The second-order valence-electron chi connectivity index (χ2n) is 12.3. The molecule has 1 aliphatic carbocycles. The van der Waals surface area contributed by atoms with Crippen molar-refractivity contribution in [1.82, 2.24) is 4.90 Å². The molecule has 1 N–H and O–H groups in total. The molecule has 2 aliphatic rings. The van der Waals surface area contributed by atoms with Gasteiger partial charge in [0.25, 0.3) is 0 Å². The SMILES string of the molecule is CC(C)(C)c1ccc(N2CCN(C(=S)CCC3CCC(Nc4ccc(OC(F)(F)F)c(C(F)(F)F)c4)CC3)CC2)cc1. The maximum atomic E-state index is 13.4. The molecule has 2 aromatic carbocycles. The van der Waals surface area contributed by atoms with Gasteiger partial charge in [-0.1, -0.05) is 45.1 Å². The van der Waals surface area contributed by atoms with Crippen LogP contribution in [0.25, 0.3) is 0 Å². The Balaban J connectivity index is 1.20. The summed E-state index contributed by atoms with van der Waals surface area (Å²) in [6.07, 6.45) is -4.99. The molecule has 0 amide bonds. The van der Waals surface area contributed by atoms with Crippen LogP contribution < -0.4 is 15.0 Å². The number of halogens is 6. The second kappa shape index (κ2) is 12.9. The van der Waals surface area contributed by atoms with E-state index in [9.17, 15) is 26.3 Å². The molecule has 1 aliphatic heterocycles. The fourth-order valence-corrected chi connectivity index (χ4v) is 6.06. The van der Waals surface area contributed by atoms with Gasteiger partial charge in [0.2, 0.25) is 0 Å². The average Bonchev–Trinajstić information content (AvgIpc) is 2.91. The van der Waals surface area contributed by atoms with Gasteiger partial charge in [0.15, 0.2) is 0 Å². The molecule has 232 valence electrons. The van der Waals surface area contributed by atoms with E-state index in [4.69, 9.17) is 12.2 Å². The van der Waals surface area contributed by atoms with E-state index in [-0.39, 0.29) is 17.1 Å². The number of alkyl halides is 6. The molecule has 0 atom stereocenters. The number of rotatable bonds is 7. The first-order valence-corrected chi connectivity index (χ1v) is 14.9. The summed E-state index contributed by atoms with van der Waals surface area (Å²) < 4.78 is 81.3. The van der Waals surface area contributed by atoms with Gasteiger partial charge < -0.3 is 19.9 Å². The van der Waals surface area contributed by atoms with E-state index in [1.54, 1.807) is 0 Å². The summed E-state index contributed by atoms with van der Waals surface area (Å²) in [4.78, 5) is 5.68. The maximum absolute atomic E-state index is 13.4. The predicted molar refractivity (Wildman–Crippen MR) is 158 cm³/mol. The van der Waals surface area contributed by atoms with Crippen LogP contribution in [0, 0.1) is 5.92 Å². The third kappa shape index (κ3) is 8.91. The smallest absolute Gasteiger partial charge is 0.405 e. The lowest BCUT2D eigenvalue weighted by Crippen LogP contribution is -2.48. The van der Waals surface area contributed by atoms with Crippen LogP contribution in [-0.4, -0.2) is 48.5 Å². The van der Waals surface area contributed by atoms with Crippen LogP contribution in [0.4, 0.5) is 37.7 Å². The number of hydrogen-bond donors (Lipinski definition) is 1. The molecule has 1 heterocycles. The van der Waals surface area contributed by atoms with E-state index in [2.05, 4.69) is 64.9 Å². The maximum Gasteiger partial charge on any atom is 0.573 e. The average molecular weight is 616 g/mol. The van der Waals surface area contributed by atoms with E-state index in [0.717, 1.165) is 69.7 Å². The molecule has 0 radical (unpaired) electrons. The largest absolute Gasteiger partial charge is 0.573 e. The number of piperazine rings is 1. The minimum Gasteiger partial charge on any atom is -0.405 e. The molecular formula is C31H39F6N3OS. The first kappa shape index (κ1) is 32.2. The van der Waals surface area contributed by atoms with Gasteiger partial charge in [0.1, 0.15) is 5.75 Å². The van der Waals surface area contributed by atoms with Crippen molar-refractivity contribution in [3.05, 3.63) is 53.6 Å². The molecule has 2 fully saturated rings. The molecule has 0 unspecified atom stereocenters. The van der Waals surface area contributed by atoms with Crippen LogP contribution in [0.1, 0.15) is 70.4 Å². The summed E-state index contributed by atoms with van der Waals surface area (Å²) in [5.41, 5.74) is 1.36. The first-order chi connectivity index (χ1) is 19.6. The highest BCUT2D eigenvalue weighted by Gasteiger charge is 2.39. The molecule has 42 heavy (non-hydrogen) atoms. The highest BCUT2D eigenvalue weighted by molar-refractivity contribution is 7.80. The summed E-state index contributed by atoms with van der Waals surface area (Å²) >= 11 is 5.77. The molecule has 0 bridgehead atoms. The lowest BCUT2D eigenvalue weighted by molar-refractivity contribution is -0.276. The van der Waals surface area contributed by atoms with Crippen molar-refractivity contribution in [1.29, 1.82) is 0 Å². The Morgan fingerprint density at radius 2 is 1.50 bits per heavy atom. The third-order valence-corrected chi connectivity index (χ3v) is 8.69. The van der Waals surface area contributed by atoms with Crippen LogP contribution in [-0.2, 0) is 11.6 Å². The minimum absolute atomic E-state index is 0.0470. The highest BCUT2D eigenvalue weighted by Crippen LogP contribution is 2.40. The number of hydrogen-bond acceptors (Lipinski definition) is 4. The van der Waals surface area contributed by atoms with Crippen LogP contribution in [0.15, 0.2) is 42.5 Å². The summed E-state index contributed by atoms with van der Waals surface area (Å²) in [7, 11) is 0. The van der Waals surface area contributed by atoms with Crippen LogP contribution in [0.5, 0.6) is 5.75 Å². The minimum atomic E-state index is -5.21. The van der Waals surface area contributed by atoms with Gasteiger partial charge in [-0.3, -0.25) is 0 Å². The Morgan fingerprint density at radius 1 is 0.881 bits per heavy atom. The fraction of sp³-hybridized carbons (Fsp3) is 0.581. The van der Waals surface area contributed by atoms with E-state index in [1.165, 1.54) is 17.3 Å². The molecule has 1 saturated heterocycles. The van der Waals surface area contributed by atoms with Crippen LogP contribution >= 0.6 is 12.2 Å². The Morgan fingerprint density at radius 3 is 2.05 bits per heavy atom. The second-order valence-corrected chi connectivity index (χ2v) is 12.8. The number of benzene rings is 2. The van der Waals surface area contributed by atoms with Crippen molar-refractivity contribution in [3.8, 4) is 5.75 Å². The third-order valence-electron chi connectivity index (χ3n) is 8.23.